The smallest absolute Gasteiger partial charge is 0.326 e. The fourth-order valence-corrected chi connectivity index (χ4v) is 5.72. The van der Waals surface area contributed by atoms with Gasteiger partial charge in [0.2, 0.25) is 0 Å². The Morgan fingerprint density at radius 3 is 1.89 bits per heavy atom. The highest BCUT2D eigenvalue weighted by Crippen LogP contribution is 2.33. The molecule has 0 heterocycles. The first-order chi connectivity index (χ1) is 21.9. The Kier molecular flexibility index (Phi) is 13.1. The van der Waals surface area contributed by atoms with Gasteiger partial charge in [-0.05, 0) is 76.8 Å². The molecule has 2 amide bonds. The number of anilines is 2. The first kappa shape index (κ1) is 33.8. The molecule has 4 heteroatoms. The Balaban J connectivity index is 1.53. The summed E-state index contributed by atoms with van der Waals surface area (Å²) in [5.41, 5.74) is 7.62. The normalized spacial score (nSPS) is 11.2. The quantitative estimate of drug-likeness (QED) is 0.129. The molecule has 0 spiro atoms. The Hall–Kier alpha value is -4.05. The van der Waals surface area contributed by atoms with E-state index in [-0.39, 0.29) is 17.9 Å². The van der Waals surface area contributed by atoms with Gasteiger partial charge in [-0.1, -0.05) is 140 Å². The number of para-hydroxylation sites is 1. The van der Waals surface area contributed by atoms with Crippen LogP contribution in [0.25, 0.3) is 0 Å². The summed E-state index contributed by atoms with van der Waals surface area (Å²) in [6.45, 7) is 11.9. The molecule has 4 aromatic carbocycles. The predicted octanol–water partition coefficient (Wildman–Crippen LogP) is 11.7. The summed E-state index contributed by atoms with van der Waals surface area (Å²) in [5, 5.41) is 3.35. The zero-order chi connectivity index (χ0) is 32.0. The SMILES string of the molecule is CCCCCCCCc1ccc(N(Cc2ccc(OCc3ccccc3)cc2)C(=O)Nc2c(C(C)C)cccc2C(C)C)cc1. The van der Waals surface area contributed by atoms with Crippen molar-refractivity contribution in [1.29, 1.82) is 0 Å². The fourth-order valence-electron chi connectivity index (χ4n) is 5.72. The Morgan fingerprint density at radius 1 is 0.667 bits per heavy atom. The summed E-state index contributed by atoms with van der Waals surface area (Å²) in [4.78, 5) is 16.0. The third kappa shape index (κ3) is 10.2. The number of benzene rings is 4. The third-order valence-electron chi connectivity index (χ3n) is 8.43. The van der Waals surface area contributed by atoms with Gasteiger partial charge in [0, 0.05) is 11.4 Å². The predicted molar refractivity (Wildman–Crippen MR) is 191 cm³/mol. The zero-order valence-electron chi connectivity index (χ0n) is 28.0. The topological polar surface area (TPSA) is 41.6 Å². The second-order valence-electron chi connectivity index (χ2n) is 12.7. The van der Waals surface area contributed by atoms with Crippen molar-refractivity contribution in [3.63, 3.8) is 0 Å². The molecule has 0 unspecified atom stereocenters. The maximum absolute atomic E-state index is 14.2. The third-order valence-corrected chi connectivity index (χ3v) is 8.43. The monoisotopic (exact) mass is 604 g/mol. The van der Waals surface area contributed by atoms with Crippen molar-refractivity contribution in [1.82, 2.24) is 0 Å². The molecule has 0 atom stereocenters. The van der Waals surface area contributed by atoms with Gasteiger partial charge in [0.25, 0.3) is 0 Å². The van der Waals surface area contributed by atoms with Gasteiger partial charge in [-0.3, -0.25) is 4.90 Å². The second-order valence-corrected chi connectivity index (χ2v) is 12.7. The number of ether oxygens (including phenoxy) is 1. The molecular formula is C41H52N2O2. The number of rotatable bonds is 16. The Labute approximate surface area is 271 Å². The fraction of sp³-hybridized carbons (Fsp3) is 0.390. The zero-order valence-corrected chi connectivity index (χ0v) is 28.0. The van der Waals surface area contributed by atoms with E-state index < -0.39 is 0 Å². The van der Waals surface area contributed by atoms with Crippen molar-refractivity contribution in [2.24, 2.45) is 0 Å². The number of carbonyl (C=O) groups is 1. The molecule has 0 bridgehead atoms. The largest absolute Gasteiger partial charge is 0.489 e. The summed E-state index contributed by atoms with van der Waals surface area (Å²) in [6, 6.07) is 33.0. The van der Waals surface area contributed by atoms with Crippen molar-refractivity contribution < 1.29 is 9.53 Å². The molecule has 0 aromatic heterocycles. The molecule has 238 valence electrons. The summed E-state index contributed by atoms with van der Waals surface area (Å²) in [6.07, 6.45) is 8.80. The summed E-state index contributed by atoms with van der Waals surface area (Å²) >= 11 is 0. The molecule has 0 radical (unpaired) electrons. The molecule has 45 heavy (non-hydrogen) atoms. The van der Waals surface area contributed by atoms with Gasteiger partial charge < -0.3 is 10.1 Å². The lowest BCUT2D eigenvalue weighted by atomic mass is 9.93. The average Bonchev–Trinajstić information content (AvgIpc) is 3.05. The number of amides is 2. The van der Waals surface area contributed by atoms with E-state index in [9.17, 15) is 4.79 Å². The minimum Gasteiger partial charge on any atom is -0.489 e. The van der Waals surface area contributed by atoms with Gasteiger partial charge in [-0.25, -0.2) is 4.79 Å². The molecule has 0 fully saturated rings. The first-order valence-corrected chi connectivity index (χ1v) is 16.9. The second kappa shape index (κ2) is 17.4. The van der Waals surface area contributed by atoms with E-state index >= 15 is 0 Å². The van der Waals surface area contributed by atoms with Crippen molar-refractivity contribution in [2.75, 3.05) is 10.2 Å². The van der Waals surface area contributed by atoms with E-state index in [1.807, 2.05) is 35.2 Å². The van der Waals surface area contributed by atoms with Crippen molar-refractivity contribution in [3.8, 4) is 5.75 Å². The van der Waals surface area contributed by atoms with E-state index in [2.05, 4.69) is 107 Å². The number of urea groups is 1. The van der Waals surface area contributed by atoms with E-state index in [0.29, 0.717) is 13.2 Å². The maximum atomic E-state index is 14.2. The van der Waals surface area contributed by atoms with Crippen LogP contribution in [0.15, 0.2) is 97.1 Å². The molecule has 0 saturated heterocycles. The lowest BCUT2D eigenvalue weighted by Gasteiger charge is -2.27. The molecule has 0 saturated carbocycles. The Morgan fingerprint density at radius 2 is 1.27 bits per heavy atom. The van der Waals surface area contributed by atoms with Crippen LogP contribution in [-0.4, -0.2) is 6.03 Å². The number of hydrogen-bond donors (Lipinski definition) is 1. The Bertz CT molecular complexity index is 1420. The minimum absolute atomic E-state index is 0.127. The number of carbonyl (C=O) groups excluding carboxylic acids is 1. The molecule has 4 rings (SSSR count). The van der Waals surface area contributed by atoms with Crippen molar-refractivity contribution >= 4 is 17.4 Å². The maximum Gasteiger partial charge on any atom is 0.326 e. The number of nitrogens with one attached hydrogen (secondary N) is 1. The first-order valence-electron chi connectivity index (χ1n) is 16.9. The highest BCUT2D eigenvalue weighted by atomic mass is 16.5. The van der Waals surface area contributed by atoms with Crippen LogP contribution in [0.4, 0.5) is 16.2 Å². The van der Waals surface area contributed by atoms with Crippen LogP contribution in [0.2, 0.25) is 0 Å². The lowest BCUT2D eigenvalue weighted by Crippen LogP contribution is -2.35. The highest BCUT2D eigenvalue weighted by molar-refractivity contribution is 6.02. The molecule has 0 aliphatic heterocycles. The van der Waals surface area contributed by atoms with Gasteiger partial charge >= 0.3 is 6.03 Å². The number of nitrogens with zero attached hydrogens (tertiary/aromatic N) is 1. The lowest BCUT2D eigenvalue weighted by molar-refractivity contribution is 0.256. The van der Waals surface area contributed by atoms with Crippen LogP contribution in [0, 0.1) is 0 Å². The number of aryl methyl sites for hydroxylation is 1. The van der Waals surface area contributed by atoms with Crippen molar-refractivity contribution in [3.05, 3.63) is 125 Å². The molecule has 4 aromatic rings. The van der Waals surface area contributed by atoms with Gasteiger partial charge in [0.05, 0.1) is 6.54 Å². The number of hydrogen-bond acceptors (Lipinski definition) is 2. The van der Waals surface area contributed by atoms with Crippen molar-refractivity contribution in [2.45, 2.75) is 105 Å². The average molecular weight is 605 g/mol. The van der Waals surface area contributed by atoms with Gasteiger partial charge in [0.1, 0.15) is 12.4 Å². The molecule has 0 aliphatic carbocycles. The van der Waals surface area contributed by atoms with Gasteiger partial charge in [-0.2, -0.15) is 0 Å². The summed E-state index contributed by atoms with van der Waals surface area (Å²) < 4.78 is 6.01. The van der Waals surface area contributed by atoms with E-state index in [0.717, 1.165) is 45.8 Å². The van der Waals surface area contributed by atoms with Gasteiger partial charge in [0.15, 0.2) is 0 Å². The van der Waals surface area contributed by atoms with Crippen LogP contribution < -0.4 is 15.0 Å². The molecule has 4 nitrogen and oxygen atoms in total. The van der Waals surface area contributed by atoms with Gasteiger partial charge in [-0.15, -0.1) is 0 Å². The highest BCUT2D eigenvalue weighted by Gasteiger charge is 2.21. The molecule has 0 aliphatic rings. The van der Waals surface area contributed by atoms with Crippen LogP contribution in [-0.2, 0) is 19.6 Å². The van der Waals surface area contributed by atoms with Crippen LogP contribution >= 0.6 is 0 Å². The summed E-state index contributed by atoms with van der Waals surface area (Å²) in [7, 11) is 0. The minimum atomic E-state index is -0.127. The standard InChI is InChI=1S/C41H52N2O2/c1-6-7-8-9-10-12-16-33-21-25-36(26-22-33)43(41(44)42-40-38(31(2)3)19-15-20-39(40)32(4)5)29-34-23-27-37(28-24-34)45-30-35-17-13-11-14-18-35/h11,13-15,17-28,31-32H,6-10,12,16,29-30H2,1-5H3,(H,42,44). The molecular weight excluding hydrogens is 552 g/mol. The van der Waals surface area contributed by atoms with E-state index in [4.69, 9.17) is 4.74 Å². The van der Waals surface area contributed by atoms with E-state index in [1.165, 1.54) is 44.1 Å². The van der Waals surface area contributed by atoms with Crippen LogP contribution in [0.1, 0.15) is 113 Å². The van der Waals surface area contributed by atoms with Crippen LogP contribution in [0.5, 0.6) is 5.75 Å². The summed E-state index contributed by atoms with van der Waals surface area (Å²) in [5.74, 6) is 1.39. The van der Waals surface area contributed by atoms with Crippen LogP contribution in [0.3, 0.4) is 0 Å². The number of unbranched alkanes of at least 4 members (excludes halogenated alkanes) is 5. The van der Waals surface area contributed by atoms with E-state index in [1.54, 1.807) is 0 Å². The molecule has 1 N–H and O–H groups in total.